The number of allylic oxidation sites excluding steroid dienone is 1. The second-order valence-corrected chi connectivity index (χ2v) is 14.0. The highest BCUT2D eigenvalue weighted by Crippen LogP contribution is 2.45. The maximum absolute atomic E-state index is 13.0. The molecule has 0 fully saturated rings. The number of thioether (sulfide) groups is 1. The summed E-state index contributed by atoms with van der Waals surface area (Å²) in [6.45, 7) is 17.9. The van der Waals surface area contributed by atoms with E-state index in [-0.39, 0.29) is 22.5 Å². The van der Waals surface area contributed by atoms with Gasteiger partial charge in [0.2, 0.25) is 5.91 Å². The van der Waals surface area contributed by atoms with Crippen molar-refractivity contribution >= 4 is 34.0 Å². The summed E-state index contributed by atoms with van der Waals surface area (Å²) in [6.07, 6.45) is 5.90. The summed E-state index contributed by atoms with van der Waals surface area (Å²) >= 11 is 2.92. The van der Waals surface area contributed by atoms with Gasteiger partial charge in [0.1, 0.15) is 11.1 Å². The average Bonchev–Trinajstić information content (AvgIpc) is 3.46. The molecule has 1 unspecified atom stereocenters. The zero-order valence-electron chi connectivity index (χ0n) is 23.9. The lowest BCUT2D eigenvalue weighted by Gasteiger charge is -2.36. The number of carbonyl (C=O) groups is 1. The SMILES string of the molecule is C=CCn1c(SCC(=O)Nc2sc3c(c2C#N)CCC(C(C)(C)CC)C3)nnc1-c1ccc(C(C)(C)C)cc1. The van der Waals surface area contributed by atoms with Gasteiger partial charge in [-0.15, -0.1) is 28.1 Å². The number of anilines is 1. The largest absolute Gasteiger partial charge is 0.316 e. The number of rotatable bonds is 9. The van der Waals surface area contributed by atoms with E-state index in [2.05, 4.69) is 94.0 Å². The minimum Gasteiger partial charge on any atom is -0.316 e. The van der Waals surface area contributed by atoms with Crippen LogP contribution in [0.3, 0.4) is 0 Å². The number of carbonyl (C=O) groups excluding carboxylic acids is 1. The van der Waals surface area contributed by atoms with Crippen molar-refractivity contribution < 1.29 is 4.79 Å². The summed E-state index contributed by atoms with van der Waals surface area (Å²) in [5.74, 6) is 1.37. The van der Waals surface area contributed by atoms with Crippen molar-refractivity contribution in [3.05, 3.63) is 58.5 Å². The fourth-order valence-electron chi connectivity index (χ4n) is 5.06. The molecule has 0 spiro atoms. The normalized spacial score (nSPS) is 15.5. The van der Waals surface area contributed by atoms with E-state index in [0.717, 1.165) is 42.6 Å². The Bertz CT molecular complexity index is 1390. The third-order valence-electron chi connectivity index (χ3n) is 8.02. The number of thiophene rings is 1. The smallest absolute Gasteiger partial charge is 0.235 e. The van der Waals surface area contributed by atoms with Crippen LogP contribution in [0.15, 0.2) is 42.1 Å². The molecule has 0 radical (unpaired) electrons. The van der Waals surface area contributed by atoms with Gasteiger partial charge in [-0.2, -0.15) is 5.26 Å². The first-order valence-corrected chi connectivity index (χ1v) is 15.4. The fourth-order valence-corrected chi connectivity index (χ4v) is 7.10. The number of hydrogen-bond donors (Lipinski definition) is 1. The van der Waals surface area contributed by atoms with Crippen molar-refractivity contribution in [3.8, 4) is 17.5 Å². The summed E-state index contributed by atoms with van der Waals surface area (Å²) in [7, 11) is 0. The van der Waals surface area contributed by atoms with Crippen LogP contribution >= 0.6 is 23.1 Å². The Morgan fingerprint density at radius 1 is 1.26 bits per heavy atom. The summed E-state index contributed by atoms with van der Waals surface area (Å²) in [6, 6.07) is 10.8. The van der Waals surface area contributed by atoms with Crippen molar-refractivity contribution in [3.63, 3.8) is 0 Å². The number of nitrogens with zero attached hydrogens (tertiary/aromatic N) is 4. The number of benzene rings is 1. The van der Waals surface area contributed by atoms with Crippen molar-refractivity contribution in [2.75, 3.05) is 11.1 Å². The van der Waals surface area contributed by atoms with Gasteiger partial charge >= 0.3 is 0 Å². The summed E-state index contributed by atoms with van der Waals surface area (Å²) < 4.78 is 1.98. The van der Waals surface area contributed by atoms with Crippen molar-refractivity contribution in [2.45, 2.75) is 84.3 Å². The number of nitrogens with one attached hydrogen (secondary N) is 1. The van der Waals surface area contributed by atoms with E-state index < -0.39 is 0 Å². The summed E-state index contributed by atoms with van der Waals surface area (Å²) in [5.41, 5.74) is 4.33. The molecular formula is C31H39N5OS2. The quantitative estimate of drug-likeness (QED) is 0.214. The highest BCUT2D eigenvalue weighted by molar-refractivity contribution is 7.99. The second-order valence-electron chi connectivity index (χ2n) is 12.0. The molecule has 3 aromatic rings. The van der Waals surface area contributed by atoms with Gasteiger partial charge in [-0.3, -0.25) is 9.36 Å². The van der Waals surface area contributed by atoms with E-state index in [1.807, 2.05) is 10.6 Å². The molecule has 206 valence electrons. The molecule has 1 atom stereocenters. The molecule has 6 nitrogen and oxygen atoms in total. The topological polar surface area (TPSA) is 83.6 Å². The van der Waals surface area contributed by atoms with Crippen LogP contribution in [0.25, 0.3) is 11.4 Å². The van der Waals surface area contributed by atoms with Gasteiger partial charge < -0.3 is 5.32 Å². The molecule has 4 rings (SSSR count). The zero-order valence-corrected chi connectivity index (χ0v) is 25.6. The Morgan fingerprint density at radius 2 is 1.97 bits per heavy atom. The predicted molar refractivity (Wildman–Crippen MR) is 162 cm³/mol. The Hall–Kier alpha value is -2.89. The first-order valence-electron chi connectivity index (χ1n) is 13.6. The van der Waals surface area contributed by atoms with Gasteiger partial charge in [-0.1, -0.05) is 90.1 Å². The van der Waals surface area contributed by atoms with Crippen LogP contribution in [0.5, 0.6) is 0 Å². The maximum Gasteiger partial charge on any atom is 0.235 e. The van der Waals surface area contributed by atoms with Crippen LogP contribution in [0.2, 0.25) is 0 Å². The average molecular weight is 562 g/mol. The molecular weight excluding hydrogens is 523 g/mol. The molecule has 0 bridgehead atoms. The van der Waals surface area contributed by atoms with Gasteiger partial charge in [-0.05, 0) is 47.1 Å². The second kappa shape index (κ2) is 11.7. The van der Waals surface area contributed by atoms with E-state index in [9.17, 15) is 10.1 Å². The lowest BCUT2D eigenvalue weighted by atomic mass is 9.69. The van der Waals surface area contributed by atoms with Gasteiger partial charge in [0.15, 0.2) is 11.0 Å². The Kier molecular flexibility index (Phi) is 8.72. The molecule has 39 heavy (non-hydrogen) atoms. The fraction of sp³-hybridized carbons (Fsp3) is 0.484. The van der Waals surface area contributed by atoms with Gasteiger partial charge in [-0.25, -0.2) is 0 Å². The highest BCUT2D eigenvalue weighted by Gasteiger charge is 2.34. The maximum atomic E-state index is 13.0. The van der Waals surface area contributed by atoms with Gasteiger partial charge in [0.25, 0.3) is 0 Å². The van der Waals surface area contributed by atoms with Crippen molar-refractivity contribution in [2.24, 2.45) is 11.3 Å². The molecule has 1 aliphatic carbocycles. The van der Waals surface area contributed by atoms with Crippen LogP contribution in [-0.2, 0) is 29.6 Å². The molecule has 1 aromatic carbocycles. The minimum absolute atomic E-state index is 0.0722. The molecule has 1 aliphatic rings. The molecule has 2 heterocycles. The van der Waals surface area contributed by atoms with Crippen molar-refractivity contribution in [1.29, 1.82) is 5.26 Å². The molecule has 2 aromatic heterocycles. The number of fused-ring (bicyclic) bond motifs is 1. The third kappa shape index (κ3) is 6.31. The number of amides is 1. The minimum atomic E-state index is -0.148. The highest BCUT2D eigenvalue weighted by atomic mass is 32.2. The van der Waals surface area contributed by atoms with E-state index in [4.69, 9.17) is 0 Å². The molecule has 0 saturated carbocycles. The van der Waals surface area contributed by atoms with Gasteiger partial charge in [0, 0.05) is 17.0 Å². The van der Waals surface area contributed by atoms with Crippen LogP contribution in [-0.4, -0.2) is 26.4 Å². The number of nitriles is 1. The van der Waals surface area contributed by atoms with E-state index >= 15 is 0 Å². The van der Waals surface area contributed by atoms with E-state index in [1.54, 1.807) is 11.3 Å². The lowest BCUT2D eigenvalue weighted by molar-refractivity contribution is -0.113. The molecule has 1 N–H and O–H groups in total. The van der Waals surface area contributed by atoms with Crippen LogP contribution in [0.4, 0.5) is 5.00 Å². The first kappa shape index (κ1) is 29.1. The zero-order chi connectivity index (χ0) is 28.4. The van der Waals surface area contributed by atoms with E-state index in [1.165, 1.54) is 22.2 Å². The standard InChI is InChI=1S/C31H39N5OS2/c1-8-16-36-27(20-10-12-21(13-11-20)30(3,4)5)34-35-29(36)38-19-26(37)33-28-24(18-32)23-15-14-22(17-25(23)39-28)31(6,7)9-2/h8,10-13,22H,1,9,14-17,19H2,2-7H3,(H,33,37). The third-order valence-corrected chi connectivity index (χ3v) is 10.2. The Morgan fingerprint density at radius 3 is 2.59 bits per heavy atom. The number of aromatic nitrogens is 3. The lowest BCUT2D eigenvalue weighted by Crippen LogP contribution is -2.28. The first-order chi connectivity index (χ1) is 18.5. The predicted octanol–water partition coefficient (Wildman–Crippen LogP) is 7.63. The molecule has 0 aliphatic heterocycles. The van der Waals surface area contributed by atoms with Gasteiger partial charge in [0.05, 0.1) is 11.3 Å². The summed E-state index contributed by atoms with van der Waals surface area (Å²) in [5, 5.41) is 23.1. The van der Waals surface area contributed by atoms with Crippen LogP contribution < -0.4 is 5.32 Å². The Balaban J connectivity index is 1.47. The Labute approximate surface area is 240 Å². The number of hydrogen-bond acceptors (Lipinski definition) is 6. The van der Waals surface area contributed by atoms with Crippen LogP contribution in [0.1, 0.15) is 76.0 Å². The molecule has 8 heteroatoms. The van der Waals surface area contributed by atoms with E-state index in [0.29, 0.717) is 28.2 Å². The van der Waals surface area contributed by atoms with Crippen LogP contribution in [0, 0.1) is 22.7 Å². The molecule has 1 amide bonds. The van der Waals surface area contributed by atoms with Crippen molar-refractivity contribution in [1.82, 2.24) is 14.8 Å². The summed E-state index contributed by atoms with van der Waals surface area (Å²) in [4.78, 5) is 14.3. The monoisotopic (exact) mass is 561 g/mol. The molecule has 0 saturated heterocycles.